The molecule has 0 saturated heterocycles. The smallest absolute Gasteiger partial charge is 0.213 e. The van der Waals surface area contributed by atoms with Gasteiger partial charge >= 0.3 is 0 Å². The van der Waals surface area contributed by atoms with Gasteiger partial charge in [0, 0.05) is 0 Å². The Labute approximate surface area is 201 Å². The van der Waals surface area contributed by atoms with E-state index in [2.05, 4.69) is 69.2 Å². The molecule has 4 nitrogen and oxygen atoms in total. The fourth-order valence-corrected chi connectivity index (χ4v) is 6.76. The van der Waals surface area contributed by atoms with Crippen LogP contribution in [0.1, 0.15) is 93.2 Å². The molecular formula is C28H42O4S. The van der Waals surface area contributed by atoms with Crippen LogP contribution in [0.3, 0.4) is 0 Å². The van der Waals surface area contributed by atoms with Gasteiger partial charge in [-0.1, -0.05) is 81.4 Å². The van der Waals surface area contributed by atoms with Crippen molar-refractivity contribution >= 4 is 9.84 Å². The number of phenolic OH excluding ortho intramolecular Hbond substituents is 2. The quantitative estimate of drug-likeness (QED) is 0.459. The van der Waals surface area contributed by atoms with Crippen molar-refractivity contribution in [3.63, 3.8) is 0 Å². The Bertz CT molecular complexity index is 1030. The molecule has 2 aromatic carbocycles. The van der Waals surface area contributed by atoms with Gasteiger partial charge in [-0.15, -0.1) is 0 Å². The maximum atomic E-state index is 13.7. The summed E-state index contributed by atoms with van der Waals surface area (Å²) in [5.74, 6) is -0.631. The highest BCUT2D eigenvalue weighted by Gasteiger charge is 2.33. The molecule has 0 aliphatic rings. The van der Waals surface area contributed by atoms with E-state index in [0.29, 0.717) is 0 Å². The number of phenols is 2. The largest absolute Gasteiger partial charge is 0.507 e. The number of hydrogen-bond acceptors (Lipinski definition) is 4. The van der Waals surface area contributed by atoms with E-state index in [1.54, 1.807) is 24.3 Å². The minimum atomic E-state index is -4.15. The molecule has 2 aromatic rings. The molecule has 2 N–H and O–H groups in total. The predicted octanol–water partition coefficient (Wildman–Crippen LogP) is 7.36. The highest BCUT2D eigenvalue weighted by Crippen LogP contribution is 2.42. The molecule has 2 rings (SSSR count). The molecule has 33 heavy (non-hydrogen) atoms. The van der Waals surface area contributed by atoms with Gasteiger partial charge in [-0.2, -0.15) is 0 Å². The second-order valence-corrected chi connectivity index (χ2v) is 15.0. The zero-order valence-electron chi connectivity index (χ0n) is 22.0. The monoisotopic (exact) mass is 474 g/mol. The van der Waals surface area contributed by atoms with Crippen molar-refractivity contribution in [1.29, 1.82) is 0 Å². The highest BCUT2D eigenvalue weighted by molar-refractivity contribution is 7.91. The molecule has 5 heteroatoms. The molecule has 0 radical (unpaired) electrons. The Morgan fingerprint density at radius 1 is 0.606 bits per heavy atom. The van der Waals surface area contributed by atoms with Crippen LogP contribution < -0.4 is 0 Å². The van der Waals surface area contributed by atoms with Gasteiger partial charge in [0.25, 0.3) is 0 Å². The molecule has 0 heterocycles. The maximum absolute atomic E-state index is 13.7. The first-order valence-corrected chi connectivity index (χ1v) is 13.1. The topological polar surface area (TPSA) is 74.6 Å². The standard InChI is InChI=1S/C28H42O4S/c1-25(2,3)17-27(7,8)19-11-13-21(29)23(15-19)33(31,32)24-16-20(12-14-22(24)30)28(9,10)18-26(4,5)6/h11-16,29-30H,17-18H2,1-10H3. The van der Waals surface area contributed by atoms with E-state index in [9.17, 15) is 18.6 Å². The van der Waals surface area contributed by atoms with E-state index in [-0.39, 0.29) is 42.9 Å². The second kappa shape index (κ2) is 8.65. The van der Waals surface area contributed by atoms with Gasteiger partial charge in [-0.05, 0) is 69.9 Å². The molecule has 0 bridgehead atoms. The third-order valence-corrected chi connectivity index (χ3v) is 7.82. The Morgan fingerprint density at radius 2 is 0.909 bits per heavy atom. The van der Waals surface area contributed by atoms with Gasteiger partial charge in [0.2, 0.25) is 9.84 Å². The van der Waals surface area contributed by atoms with Crippen LogP contribution in [0.2, 0.25) is 0 Å². The number of benzene rings is 2. The van der Waals surface area contributed by atoms with Crippen molar-refractivity contribution in [2.75, 3.05) is 0 Å². The summed E-state index contributed by atoms with van der Waals surface area (Å²) in [7, 11) is -4.15. The average Bonchev–Trinajstić information content (AvgIpc) is 2.57. The first kappa shape index (κ1) is 27.2. The number of sulfone groups is 1. The summed E-state index contributed by atoms with van der Waals surface area (Å²) in [6.07, 6.45) is 1.68. The number of hydrogen-bond donors (Lipinski definition) is 2. The molecule has 0 saturated carbocycles. The molecule has 0 aliphatic carbocycles. The van der Waals surface area contributed by atoms with E-state index in [4.69, 9.17) is 0 Å². The number of rotatable bonds is 6. The Morgan fingerprint density at radius 3 is 1.18 bits per heavy atom. The lowest BCUT2D eigenvalue weighted by Gasteiger charge is -2.33. The first-order valence-electron chi connectivity index (χ1n) is 11.6. The van der Waals surface area contributed by atoms with E-state index in [1.807, 2.05) is 0 Å². The lowest BCUT2D eigenvalue weighted by Crippen LogP contribution is -2.25. The average molecular weight is 475 g/mol. The minimum Gasteiger partial charge on any atom is -0.507 e. The van der Waals surface area contributed by atoms with E-state index < -0.39 is 9.84 Å². The SMILES string of the molecule is CC(C)(C)CC(C)(C)c1ccc(O)c(S(=O)(=O)c2cc(C(C)(C)CC(C)(C)C)ccc2O)c1. The molecule has 0 unspecified atom stereocenters. The van der Waals surface area contributed by atoms with Crippen LogP contribution in [0.5, 0.6) is 11.5 Å². The van der Waals surface area contributed by atoms with E-state index >= 15 is 0 Å². The van der Waals surface area contributed by atoms with Crippen molar-refractivity contribution in [3.8, 4) is 11.5 Å². The van der Waals surface area contributed by atoms with Crippen LogP contribution in [0.15, 0.2) is 46.2 Å². The molecule has 0 aromatic heterocycles. The van der Waals surface area contributed by atoms with Crippen molar-refractivity contribution in [3.05, 3.63) is 47.5 Å². The van der Waals surface area contributed by atoms with Crippen molar-refractivity contribution < 1.29 is 18.6 Å². The molecule has 0 aliphatic heterocycles. The minimum absolute atomic E-state index is 0.0473. The van der Waals surface area contributed by atoms with Crippen LogP contribution in [0.4, 0.5) is 0 Å². The van der Waals surface area contributed by atoms with Crippen LogP contribution in [-0.2, 0) is 20.7 Å². The Kier molecular flexibility index (Phi) is 7.14. The first-order chi connectivity index (χ1) is 14.7. The second-order valence-electron chi connectivity index (χ2n) is 13.1. The van der Waals surface area contributed by atoms with Crippen molar-refractivity contribution in [1.82, 2.24) is 0 Å². The van der Waals surface area contributed by atoms with Gasteiger partial charge in [-0.25, -0.2) is 8.42 Å². The van der Waals surface area contributed by atoms with Gasteiger partial charge in [0.05, 0.1) is 0 Å². The highest BCUT2D eigenvalue weighted by atomic mass is 32.2. The van der Waals surface area contributed by atoms with Gasteiger partial charge < -0.3 is 10.2 Å². The summed E-state index contributed by atoms with van der Waals surface area (Å²) in [6.45, 7) is 21.2. The lowest BCUT2D eigenvalue weighted by atomic mass is 9.72. The van der Waals surface area contributed by atoms with Crippen LogP contribution >= 0.6 is 0 Å². The van der Waals surface area contributed by atoms with Crippen LogP contribution in [0, 0.1) is 10.8 Å². The predicted molar refractivity (Wildman–Crippen MR) is 136 cm³/mol. The summed E-state index contributed by atoms with van der Waals surface area (Å²) in [5, 5.41) is 21.1. The Hall–Kier alpha value is -2.01. The maximum Gasteiger partial charge on any atom is 0.213 e. The third kappa shape index (κ3) is 6.53. The molecule has 0 atom stereocenters. The fourth-order valence-electron chi connectivity index (χ4n) is 5.27. The van der Waals surface area contributed by atoms with Crippen molar-refractivity contribution in [2.45, 2.75) is 103 Å². The molecule has 0 fully saturated rings. The van der Waals surface area contributed by atoms with Crippen LogP contribution in [-0.4, -0.2) is 18.6 Å². The summed E-state index contributed by atoms with van der Waals surface area (Å²) in [4.78, 5) is -0.355. The lowest BCUT2D eigenvalue weighted by molar-refractivity contribution is 0.283. The zero-order chi connectivity index (χ0) is 25.6. The van der Waals surface area contributed by atoms with E-state index in [1.165, 1.54) is 12.1 Å². The van der Waals surface area contributed by atoms with Gasteiger partial charge in [0.1, 0.15) is 21.3 Å². The molecule has 0 spiro atoms. The third-order valence-electron chi connectivity index (χ3n) is 6.01. The molecular weight excluding hydrogens is 432 g/mol. The molecule has 0 amide bonds. The summed E-state index contributed by atoms with van der Waals surface area (Å²) in [5.41, 5.74) is 1.16. The summed E-state index contributed by atoms with van der Waals surface area (Å²) >= 11 is 0. The summed E-state index contributed by atoms with van der Waals surface area (Å²) < 4.78 is 27.4. The number of aromatic hydroxyl groups is 2. The summed E-state index contributed by atoms with van der Waals surface area (Å²) in [6, 6.07) is 9.56. The van der Waals surface area contributed by atoms with E-state index in [0.717, 1.165) is 24.0 Å². The Balaban J connectivity index is 2.63. The van der Waals surface area contributed by atoms with Gasteiger partial charge in [0.15, 0.2) is 0 Å². The zero-order valence-corrected chi connectivity index (χ0v) is 22.8. The van der Waals surface area contributed by atoms with Crippen LogP contribution in [0.25, 0.3) is 0 Å². The van der Waals surface area contributed by atoms with Crippen molar-refractivity contribution in [2.24, 2.45) is 10.8 Å². The normalized spacial score (nSPS) is 13.9. The van der Waals surface area contributed by atoms with Gasteiger partial charge in [-0.3, -0.25) is 0 Å². The molecule has 184 valence electrons. The fraction of sp³-hybridized carbons (Fsp3) is 0.571.